The van der Waals surface area contributed by atoms with E-state index < -0.39 is 27.0 Å². The highest BCUT2D eigenvalue weighted by Gasteiger charge is 2.47. The Hall–Kier alpha value is -2.03. The molecule has 0 bridgehead atoms. The van der Waals surface area contributed by atoms with Crippen LogP contribution < -0.4 is 4.74 Å². The number of rotatable bonds is 14. The van der Waals surface area contributed by atoms with Gasteiger partial charge in [0.05, 0.1) is 18.3 Å². The second-order valence-corrected chi connectivity index (χ2v) is 17.1. The zero-order chi connectivity index (χ0) is 29.3. The number of esters is 1. The highest BCUT2D eigenvalue weighted by molar-refractivity contribution is 6.74. The molecular weight excluding hydrogens is 518 g/mol. The summed E-state index contributed by atoms with van der Waals surface area (Å²) >= 11 is 0. The molecule has 1 saturated carbocycles. The number of benzene rings is 1. The molecule has 1 aromatic carbocycles. The Morgan fingerprint density at radius 1 is 1.15 bits per heavy atom. The van der Waals surface area contributed by atoms with Gasteiger partial charge < -0.3 is 19.0 Å². The number of ether oxygens (including phenoxy) is 2. The fourth-order valence-electron chi connectivity index (χ4n) is 4.42. The van der Waals surface area contributed by atoms with Crippen molar-refractivity contribution in [3.8, 4) is 5.75 Å². The number of hydrogen-bond donors (Lipinski definition) is 1. The van der Waals surface area contributed by atoms with Gasteiger partial charge in [0.25, 0.3) is 5.92 Å². The SMILES string of the molecule is CC(C)OC(=O)CCC/C=C\C[C@H]1[C@@H](O)CC(O[Si](C)(C)C(C)(C)C)[C@@H]1/C=C/C(F)(F)COc1ccccc1. The Balaban J connectivity index is 2.10. The minimum Gasteiger partial charge on any atom is -0.487 e. The lowest BCUT2D eigenvalue weighted by Gasteiger charge is -2.40. The molecule has 1 aromatic rings. The third-order valence-corrected chi connectivity index (χ3v) is 12.1. The number of hydrogen-bond acceptors (Lipinski definition) is 5. The zero-order valence-electron chi connectivity index (χ0n) is 24.7. The summed E-state index contributed by atoms with van der Waals surface area (Å²) in [6.45, 7) is 13.6. The molecule has 4 atom stereocenters. The monoisotopic (exact) mass is 566 g/mol. The van der Waals surface area contributed by atoms with Crippen LogP contribution in [-0.2, 0) is 14.0 Å². The first-order chi connectivity index (χ1) is 18.1. The second-order valence-electron chi connectivity index (χ2n) is 12.3. The highest BCUT2D eigenvalue weighted by atomic mass is 28.4. The van der Waals surface area contributed by atoms with Crippen LogP contribution in [0.5, 0.6) is 5.75 Å². The van der Waals surface area contributed by atoms with E-state index in [0.717, 1.165) is 6.08 Å². The Kier molecular flexibility index (Phi) is 12.4. The smallest absolute Gasteiger partial charge is 0.306 e. The summed E-state index contributed by atoms with van der Waals surface area (Å²) < 4.78 is 46.7. The maximum atomic E-state index is 14.8. The quantitative estimate of drug-likeness (QED) is 0.108. The molecule has 1 N–H and O–H groups in total. The summed E-state index contributed by atoms with van der Waals surface area (Å²) in [5.74, 6) is -3.60. The van der Waals surface area contributed by atoms with E-state index in [1.807, 2.05) is 26.0 Å². The van der Waals surface area contributed by atoms with Crippen molar-refractivity contribution in [3.63, 3.8) is 0 Å². The van der Waals surface area contributed by atoms with Crippen LogP contribution in [0.25, 0.3) is 0 Å². The Morgan fingerprint density at radius 3 is 2.44 bits per heavy atom. The topological polar surface area (TPSA) is 65.0 Å². The Labute approximate surface area is 234 Å². The number of para-hydroxylation sites is 1. The summed E-state index contributed by atoms with van der Waals surface area (Å²) in [4.78, 5) is 11.7. The van der Waals surface area contributed by atoms with Crippen LogP contribution in [0.3, 0.4) is 0 Å². The normalized spacial score (nSPS) is 22.7. The van der Waals surface area contributed by atoms with Crippen LogP contribution in [0, 0.1) is 11.8 Å². The predicted molar refractivity (Wildman–Crippen MR) is 155 cm³/mol. The molecule has 5 nitrogen and oxygen atoms in total. The molecule has 1 fully saturated rings. The van der Waals surface area contributed by atoms with Gasteiger partial charge in [-0.2, -0.15) is 8.78 Å². The average molecular weight is 567 g/mol. The fraction of sp³-hybridized carbons (Fsp3) is 0.645. The molecule has 0 spiro atoms. The molecule has 1 unspecified atom stereocenters. The first-order valence-electron chi connectivity index (χ1n) is 14.1. The van der Waals surface area contributed by atoms with Crippen LogP contribution in [0.1, 0.15) is 66.7 Å². The number of allylic oxidation sites excluding steroid dienone is 2. The molecule has 0 saturated heterocycles. The molecule has 0 radical (unpaired) electrons. The maximum absolute atomic E-state index is 14.8. The van der Waals surface area contributed by atoms with Gasteiger partial charge in [-0.05, 0) is 81.8 Å². The fourth-order valence-corrected chi connectivity index (χ4v) is 5.78. The molecule has 1 aliphatic rings. The predicted octanol–water partition coefficient (Wildman–Crippen LogP) is 7.71. The Bertz CT molecular complexity index is 940. The molecule has 8 heteroatoms. The summed E-state index contributed by atoms with van der Waals surface area (Å²) in [5, 5.41) is 10.9. The number of unbranched alkanes of at least 4 members (excludes halogenated alkanes) is 1. The molecule has 0 heterocycles. The average Bonchev–Trinajstić information content (AvgIpc) is 3.11. The van der Waals surface area contributed by atoms with Crippen molar-refractivity contribution in [2.75, 3.05) is 6.61 Å². The van der Waals surface area contributed by atoms with Crippen molar-refractivity contribution < 1.29 is 32.6 Å². The van der Waals surface area contributed by atoms with E-state index in [1.54, 1.807) is 30.3 Å². The Morgan fingerprint density at radius 2 is 1.82 bits per heavy atom. The van der Waals surface area contributed by atoms with Gasteiger partial charge in [0.2, 0.25) is 0 Å². The van der Waals surface area contributed by atoms with E-state index in [2.05, 4.69) is 33.9 Å². The molecule has 1 aliphatic carbocycles. The van der Waals surface area contributed by atoms with E-state index >= 15 is 0 Å². The van der Waals surface area contributed by atoms with Crippen molar-refractivity contribution in [2.24, 2.45) is 11.8 Å². The van der Waals surface area contributed by atoms with E-state index in [0.29, 0.717) is 37.9 Å². The minimum absolute atomic E-state index is 0.0472. The number of carbonyl (C=O) groups excluding carboxylic acids is 1. The molecule has 0 amide bonds. The van der Waals surface area contributed by atoms with Gasteiger partial charge >= 0.3 is 5.97 Å². The van der Waals surface area contributed by atoms with Crippen LogP contribution in [-0.4, -0.2) is 50.2 Å². The number of aliphatic hydroxyl groups is 1. The minimum atomic E-state index is -3.17. The number of carbonyl (C=O) groups is 1. The van der Waals surface area contributed by atoms with Gasteiger partial charge in [-0.3, -0.25) is 4.79 Å². The zero-order valence-corrected chi connectivity index (χ0v) is 25.7. The van der Waals surface area contributed by atoms with Crippen LogP contribution in [0.2, 0.25) is 18.1 Å². The van der Waals surface area contributed by atoms with Crippen LogP contribution in [0.4, 0.5) is 8.78 Å². The van der Waals surface area contributed by atoms with Gasteiger partial charge in [0, 0.05) is 12.3 Å². The summed E-state index contributed by atoms with van der Waals surface area (Å²) in [6.07, 6.45) is 7.96. The maximum Gasteiger partial charge on any atom is 0.306 e. The first-order valence-corrected chi connectivity index (χ1v) is 17.0. The lowest BCUT2D eigenvalue weighted by atomic mass is 9.89. The summed E-state index contributed by atoms with van der Waals surface area (Å²) in [6, 6.07) is 8.56. The molecule has 39 heavy (non-hydrogen) atoms. The van der Waals surface area contributed by atoms with Gasteiger partial charge in [-0.25, -0.2) is 0 Å². The molecule has 0 aliphatic heterocycles. The molecule has 2 rings (SSSR count). The largest absolute Gasteiger partial charge is 0.487 e. The second kappa shape index (κ2) is 14.6. The van der Waals surface area contributed by atoms with E-state index in [9.17, 15) is 18.7 Å². The van der Waals surface area contributed by atoms with Gasteiger partial charge in [0.15, 0.2) is 14.9 Å². The van der Waals surface area contributed by atoms with Gasteiger partial charge in [-0.15, -0.1) is 0 Å². The third-order valence-electron chi connectivity index (χ3n) is 7.57. The highest BCUT2D eigenvalue weighted by Crippen LogP contribution is 2.44. The molecule has 0 aromatic heterocycles. The van der Waals surface area contributed by atoms with Crippen molar-refractivity contribution >= 4 is 14.3 Å². The van der Waals surface area contributed by atoms with Crippen LogP contribution in [0.15, 0.2) is 54.6 Å². The first kappa shape index (κ1) is 33.2. The summed E-state index contributed by atoms with van der Waals surface area (Å²) in [7, 11) is -2.20. The lowest BCUT2D eigenvalue weighted by molar-refractivity contribution is -0.147. The van der Waals surface area contributed by atoms with E-state index in [4.69, 9.17) is 13.9 Å². The van der Waals surface area contributed by atoms with E-state index in [-0.39, 0.29) is 35.1 Å². The summed E-state index contributed by atoms with van der Waals surface area (Å²) in [5.41, 5.74) is 0. The lowest BCUT2D eigenvalue weighted by Crippen LogP contribution is -2.45. The van der Waals surface area contributed by atoms with Crippen molar-refractivity contribution in [1.29, 1.82) is 0 Å². The third kappa shape index (κ3) is 11.2. The van der Waals surface area contributed by atoms with Crippen LogP contribution >= 0.6 is 0 Å². The van der Waals surface area contributed by atoms with Crippen molar-refractivity contribution in [3.05, 3.63) is 54.6 Å². The van der Waals surface area contributed by atoms with Gasteiger partial charge in [0.1, 0.15) is 5.75 Å². The number of alkyl halides is 2. The van der Waals surface area contributed by atoms with E-state index in [1.165, 1.54) is 6.08 Å². The molecule has 220 valence electrons. The van der Waals surface area contributed by atoms with Crippen molar-refractivity contribution in [1.82, 2.24) is 0 Å². The number of halogens is 2. The number of aliphatic hydroxyl groups excluding tert-OH is 1. The van der Waals surface area contributed by atoms with Gasteiger partial charge in [-0.1, -0.05) is 57.2 Å². The standard InChI is InChI=1S/C31H48F2O5Si/c1-23(2)37-29(35)18-14-9-8-13-17-25-26(28(21-27(25)34)38-39(6,7)30(3,4)5)19-20-31(32,33)22-36-24-15-11-10-12-16-24/h8,10-13,15-16,19-20,23,25-28,34H,9,14,17-18,21-22H2,1-7H3/b13-8-,20-19+/t25-,26-,27+,28?/m1/s1. The van der Waals surface area contributed by atoms with Crippen molar-refractivity contribution in [2.45, 2.75) is 109 Å². The molecular formula is C31H48F2O5Si.